The lowest BCUT2D eigenvalue weighted by atomic mass is 10.0. The van der Waals surface area contributed by atoms with Gasteiger partial charge in [-0.1, -0.05) is 116 Å². The minimum Gasteiger partial charge on any atom is -0.463 e. The van der Waals surface area contributed by atoms with E-state index in [0.29, 0.717) is 13.0 Å². The zero-order valence-corrected chi connectivity index (χ0v) is 27.2. The summed E-state index contributed by atoms with van der Waals surface area (Å²) in [5.41, 5.74) is 0. The second-order valence-corrected chi connectivity index (χ2v) is 11.0. The quantitative estimate of drug-likeness (QED) is 0.0467. The van der Waals surface area contributed by atoms with Crippen LogP contribution in [-0.4, -0.2) is 62.0 Å². The number of methoxy groups -OCH3 is 1. The van der Waals surface area contributed by atoms with E-state index >= 15 is 0 Å². The van der Waals surface area contributed by atoms with Gasteiger partial charge in [0.2, 0.25) is 5.91 Å². The van der Waals surface area contributed by atoms with Crippen molar-refractivity contribution in [1.82, 2.24) is 11.5 Å². The molecule has 0 heterocycles. The molecule has 248 valence electrons. The molecule has 9 heteroatoms. The minimum atomic E-state index is -0.974. The van der Waals surface area contributed by atoms with Crippen LogP contribution in [0.2, 0.25) is 0 Å². The number of ether oxygens (including phenoxy) is 3. The largest absolute Gasteiger partial charge is 0.463 e. The fourth-order valence-corrected chi connectivity index (χ4v) is 4.46. The van der Waals surface area contributed by atoms with E-state index < -0.39 is 24.1 Å². The highest BCUT2D eigenvalue weighted by Crippen LogP contribution is 2.12. The minimum absolute atomic E-state index is 0. The number of nitrogens with one attached hydrogen (secondary N) is 1. The van der Waals surface area contributed by atoms with Crippen LogP contribution in [0.1, 0.15) is 142 Å². The molecule has 0 aromatic carbocycles. The van der Waals surface area contributed by atoms with Gasteiger partial charge >= 0.3 is 11.9 Å². The molecule has 0 aromatic heterocycles. The lowest BCUT2D eigenvalue weighted by molar-refractivity contribution is -0.151. The molecule has 9 nitrogen and oxygen atoms in total. The molecule has 5 N–H and O–H groups in total. The molecule has 1 amide bonds. The molecule has 0 saturated heterocycles. The van der Waals surface area contributed by atoms with E-state index in [4.69, 9.17) is 14.2 Å². The van der Waals surface area contributed by atoms with Crippen molar-refractivity contribution in [3.05, 3.63) is 12.2 Å². The number of carbonyl (C=O) groups is 3. The SMILES string of the molecule is CCCCCCCCCCCCC/C=C/C(O)C(COC(=O)CCC(=O)OCCOC)NC(=O)CCCCCCC.N. The van der Waals surface area contributed by atoms with Gasteiger partial charge in [0.25, 0.3) is 0 Å². The summed E-state index contributed by atoms with van der Waals surface area (Å²) in [7, 11) is 1.51. The van der Waals surface area contributed by atoms with E-state index in [1.165, 1.54) is 71.3 Å². The van der Waals surface area contributed by atoms with Crippen LogP contribution in [0.25, 0.3) is 0 Å². The average molecular weight is 601 g/mol. The van der Waals surface area contributed by atoms with Crippen molar-refractivity contribution in [2.45, 2.75) is 154 Å². The van der Waals surface area contributed by atoms with E-state index in [1.54, 1.807) is 6.08 Å². The summed E-state index contributed by atoms with van der Waals surface area (Å²) in [4.78, 5) is 36.4. The summed E-state index contributed by atoms with van der Waals surface area (Å²) in [6.07, 6.45) is 23.0. The van der Waals surface area contributed by atoms with Gasteiger partial charge in [-0.25, -0.2) is 0 Å². The van der Waals surface area contributed by atoms with Crippen molar-refractivity contribution >= 4 is 17.8 Å². The highest BCUT2D eigenvalue weighted by Gasteiger charge is 2.21. The summed E-state index contributed by atoms with van der Waals surface area (Å²) >= 11 is 0. The number of aliphatic hydroxyl groups is 1. The Morgan fingerprint density at radius 1 is 0.690 bits per heavy atom. The van der Waals surface area contributed by atoms with Crippen LogP contribution in [0.4, 0.5) is 0 Å². The van der Waals surface area contributed by atoms with E-state index in [0.717, 1.165) is 44.9 Å². The van der Waals surface area contributed by atoms with Gasteiger partial charge < -0.3 is 30.8 Å². The number of amides is 1. The van der Waals surface area contributed by atoms with Crippen LogP contribution in [0.15, 0.2) is 12.2 Å². The zero-order valence-electron chi connectivity index (χ0n) is 27.2. The van der Waals surface area contributed by atoms with Crippen molar-refractivity contribution in [1.29, 1.82) is 0 Å². The van der Waals surface area contributed by atoms with Crippen molar-refractivity contribution in [3.8, 4) is 0 Å². The maximum absolute atomic E-state index is 12.5. The van der Waals surface area contributed by atoms with Gasteiger partial charge in [-0.2, -0.15) is 0 Å². The Bertz CT molecular complexity index is 673. The number of allylic oxidation sites excluding steroid dienone is 1. The van der Waals surface area contributed by atoms with Crippen molar-refractivity contribution in [3.63, 3.8) is 0 Å². The van der Waals surface area contributed by atoms with Crippen LogP contribution in [0.5, 0.6) is 0 Å². The lowest BCUT2D eigenvalue weighted by Crippen LogP contribution is -2.46. The number of aliphatic hydroxyl groups excluding tert-OH is 1. The number of rotatable bonds is 29. The molecule has 2 unspecified atom stereocenters. The predicted molar refractivity (Wildman–Crippen MR) is 170 cm³/mol. The molecule has 0 radical (unpaired) electrons. The average Bonchev–Trinajstić information content (AvgIpc) is 2.96. The third kappa shape index (κ3) is 28.2. The van der Waals surface area contributed by atoms with Crippen molar-refractivity contribution in [2.75, 3.05) is 26.9 Å². The molecular formula is C33H64N2O7. The highest BCUT2D eigenvalue weighted by molar-refractivity contribution is 5.78. The third-order valence-electron chi connectivity index (χ3n) is 7.08. The number of hydrogen-bond acceptors (Lipinski definition) is 8. The third-order valence-corrected chi connectivity index (χ3v) is 7.08. The summed E-state index contributed by atoms with van der Waals surface area (Å²) in [6, 6.07) is -0.746. The fraction of sp³-hybridized carbons (Fsp3) is 0.848. The van der Waals surface area contributed by atoms with Gasteiger partial charge in [0, 0.05) is 13.5 Å². The number of unbranched alkanes of at least 4 members (excludes halogenated alkanes) is 15. The summed E-state index contributed by atoms with van der Waals surface area (Å²) < 4.78 is 15.1. The van der Waals surface area contributed by atoms with Crippen LogP contribution in [0.3, 0.4) is 0 Å². The highest BCUT2D eigenvalue weighted by atomic mass is 16.6. The smallest absolute Gasteiger partial charge is 0.306 e. The van der Waals surface area contributed by atoms with Crippen LogP contribution >= 0.6 is 0 Å². The molecule has 0 aliphatic heterocycles. The van der Waals surface area contributed by atoms with E-state index in [2.05, 4.69) is 19.2 Å². The van der Waals surface area contributed by atoms with Gasteiger partial charge in [0.15, 0.2) is 0 Å². The molecule has 2 atom stereocenters. The van der Waals surface area contributed by atoms with Crippen LogP contribution < -0.4 is 11.5 Å². The summed E-state index contributed by atoms with van der Waals surface area (Å²) in [5.74, 6) is -1.25. The Labute approximate surface area is 256 Å². The topological polar surface area (TPSA) is 146 Å². The standard InChI is InChI=1S/C33H61NO7.H3N/c1-4-6-8-10-11-12-13-14-15-16-17-19-20-22-30(35)29(34-31(36)23-21-18-9-7-5-2)28-41-33(38)25-24-32(37)40-27-26-39-3;/h20,22,29-30,35H,4-19,21,23-28H2,1-3H3,(H,34,36);1H3/b22-20+;. The van der Waals surface area contributed by atoms with Crippen molar-refractivity contribution < 1.29 is 33.7 Å². The van der Waals surface area contributed by atoms with E-state index in [-0.39, 0.29) is 38.1 Å². The maximum Gasteiger partial charge on any atom is 0.306 e. The molecule has 0 fully saturated rings. The Hall–Kier alpha value is -1.97. The Morgan fingerprint density at radius 2 is 1.19 bits per heavy atom. The van der Waals surface area contributed by atoms with Crippen molar-refractivity contribution in [2.24, 2.45) is 0 Å². The van der Waals surface area contributed by atoms with Gasteiger partial charge in [0.05, 0.1) is 31.6 Å². The first kappa shape index (κ1) is 42.2. The molecule has 0 bridgehead atoms. The second-order valence-electron chi connectivity index (χ2n) is 11.0. The first-order valence-electron chi connectivity index (χ1n) is 16.4. The zero-order chi connectivity index (χ0) is 30.4. The van der Waals surface area contributed by atoms with Gasteiger partial charge in [0.1, 0.15) is 13.2 Å². The van der Waals surface area contributed by atoms with Gasteiger partial charge in [-0.15, -0.1) is 0 Å². The molecule has 0 aliphatic rings. The number of hydrogen-bond donors (Lipinski definition) is 3. The fourth-order valence-electron chi connectivity index (χ4n) is 4.46. The number of esters is 2. The molecular weight excluding hydrogens is 536 g/mol. The first-order chi connectivity index (χ1) is 19.9. The Morgan fingerprint density at radius 3 is 1.74 bits per heavy atom. The van der Waals surface area contributed by atoms with Crippen LogP contribution in [-0.2, 0) is 28.6 Å². The first-order valence-corrected chi connectivity index (χ1v) is 16.4. The Balaban J connectivity index is 0. The summed E-state index contributed by atoms with van der Waals surface area (Å²) in [5, 5.41) is 13.6. The molecule has 42 heavy (non-hydrogen) atoms. The van der Waals surface area contributed by atoms with Gasteiger partial charge in [-0.3, -0.25) is 14.4 Å². The molecule has 0 spiro atoms. The molecule has 0 rings (SSSR count). The Kier molecular flexibility index (Phi) is 32.1. The normalized spacial score (nSPS) is 12.5. The number of carbonyl (C=O) groups excluding carboxylic acids is 3. The van der Waals surface area contributed by atoms with Gasteiger partial charge in [-0.05, 0) is 19.3 Å². The maximum atomic E-state index is 12.5. The van der Waals surface area contributed by atoms with E-state index in [9.17, 15) is 19.5 Å². The second kappa shape index (κ2) is 32.0. The lowest BCUT2D eigenvalue weighted by Gasteiger charge is -2.22. The molecule has 0 saturated carbocycles. The monoisotopic (exact) mass is 600 g/mol. The molecule has 0 aliphatic carbocycles. The predicted octanol–water partition coefficient (Wildman–Crippen LogP) is 7.12. The molecule has 0 aromatic rings. The summed E-state index contributed by atoms with van der Waals surface area (Å²) in [6.45, 7) is 4.66. The van der Waals surface area contributed by atoms with Crippen LogP contribution in [0, 0.1) is 0 Å². The van der Waals surface area contributed by atoms with E-state index in [1.807, 2.05) is 6.08 Å².